The molecule has 0 aliphatic heterocycles. The molecular weight excluding hydrogens is 544 g/mol. The Hall–Kier alpha value is -2.62. The minimum atomic E-state index is -1.09. The van der Waals surface area contributed by atoms with Crippen molar-refractivity contribution in [1.29, 1.82) is 0 Å². The van der Waals surface area contributed by atoms with Crippen LogP contribution in [0.3, 0.4) is 0 Å². The van der Waals surface area contributed by atoms with Crippen LogP contribution in [0.5, 0.6) is 11.5 Å². The van der Waals surface area contributed by atoms with Crippen molar-refractivity contribution in [1.82, 2.24) is 0 Å². The molecule has 0 saturated carbocycles. The molecule has 44 heavy (non-hydrogen) atoms. The number of ketones is 2. The van der Waals surface area contributed by atoms with Crippen molar-refractivity contribution in [2.24, 2.45) is 5.41 Å². The van der Waals surface area contributed by atoms with Gasteiger partial charge in [-0.15, -0.1) is 0 Å². The number of aromatic hydroxyl groups is 1. The highest BCUT2D eigenvalue weighted by molar-refractivity contribution is 6.03. The van der Waals surface area contributed by atoms with E-state index in [1.165, 1.54) is 0 Å². The van der Waals surface area contributed by atoms with E-state index in [9.17, 15) is 14.7 Å². The number of benzene rings is 2. The molecule has 0 aliphatic carbocycles. The molecule has 2 rings (SSSR count). The summed E-state index contributed by atoms with van der Waals surface area (Å²) in [5.74, 6) is 1.72. The molecule has 0 bridgehead atoms. The first kappa shape index (κ1) is 37.6. The Kier molecular flexibility index (Phi) is 13.3. The zero-order chi connectivity index (χ0) is 33.6. The van der Waals surface area contributed by atoms with E-state index in [0.29, 0.717) is 24.2 Å². The SMILES string of the molecule is CCC(C)c1cc(C(=O)C(CC)(CC)Oc2c(C(C)CC)cc(C(=O)C(C)(C)CC)cc2C(C)CC)cc(C(C)CC)c1O. The molecular formula is C40H62O4. The molecule has 0 saturated heterocycles. The van der Waals surface area contributed by atoms with Gasteiger partial charge in [0.1, 0.15) is 11.5 Å². The summed E-state index contributed by atoms with van der Waals surface area (Å²) < 4.78 is 7.13. The minimum absolute atomic E-state index is 0.0471. The number of carbonyl (C=O) groups is 2. The number of phenols is 1. The van der Waals surface area contributed by atoms with Gasteiger partial charge in [-0.25, -0.2) is 0 Å². The van der Waals surface area contributed by atoms with E-state index in [2.05, 4.69) is 62.3 Å². The van der Waals surface area contributed by atoms with Gasteiger partial charge in [0, 0.05) is 16.5 Å². The highest BCUT2D eigenvalue weighted by Crippen LogP contribution is 2.44. The van der Waals surface area contributed by atoms with Gasteiger partial charge >= 0.3 is 0 Å². The van der Waals surface area contributed by atoms with Gasteiger partial charge in [0.05, 0.1) is 0 Å². The summed E-state index contributed by atoms with van der Waals surface area (Å²) >= 11 is 0. The molecule has 2 aromatic rings. The lowest BCUT2D eigenvalue weighted by molar-refractivity contribution is 0.0398. The normalized spacial score (nSPS) is 15.0. The van der Waals surface area contributed by atoms with Crippen LogP contribution in [0, 0.1) is 5.41 Å². The third kappa shape index (κ3) is 7.60. The van der Waals surface area contributed by atoms with Crippen LogP contribution in [-0.4, -0.2) is 22.3 Å². The highest BCUT2D eigenvalue weighted by atomic mass is 16.5. The molecule has 4 heteroatoms. The predicted octanol–water partition coefficient (Wildman–Crippen LogP) is 11.9. The zero-order valence-electron chi connectivity index (χ0n) is 30.2. The summed E-state index contributed by atoms with van der Waals surface area (Å²) in [6.45, 7) is 27.2. The second kappa shape index (κ2) is 15.6. The summed E-state index contributed by atoms with van der Waals surface area (Å²) in [5, 5.41) is 11.3. The maximum atomic E-state index is 14.8. The second-order valence-electron chi connectivity index (χ2n) is 13.9. The van der Waals surface area contributed by atoms with Crippen molar-refractivity contribution < 1.29 is 19.4 Å². The predicted molar refractivity (Wildman–Crippen MR) is 186 cm³/mol. The summed E-state index contributed by atoms with van der Waals surface area (Å²) in [7, 11) is 0. The van der Waals surface area contributed by atoms with E-state index < -0.39 is 11.0 Å². The van der Waals surface area contributed by atoms with Gasteiger partial charge in [0.2, 0.25) is 5.78 Å². The molecule has 4 atom stereocenters. The monoisotopic (exact) mass is 606 g/mol. The number of carbonyl (C=O) groups excluding carboxylic acids is 2. The Morgan fingerprint density at radius 3 is 1.30 bits per heavy atom. The van der Waals surface area contributed by atoms with Crippen LogP contribution in [0.2, 0.25) is 0 Å². The van der Waals surface area contributed by atoms with E-state index in [1.807, 2.05) is 52.0 Å². The summed E-state index contributed by atoms with van der Waals surface area (Å²) in [6, 6.07) is 7.89. The third-order valence-electron chi connectivity index (χ3n) is 10.8. The van der Waals surface area contributed by atoms with Gasteiger partial charge < -0.3 is 9.84 Å². The Morgan fingerprint density at radius 2 is 0.955 bits per heavy atom. The fourth-order valence-corrected chi connectivity index (χ4v) is 5.87. The van der Waals surface area contributed by atoms with Gasteiger partial charge in [-0.3, -0.25) is 9.59 Å². The van der Waals surface area contributed by atoms with Gasteiger partial charge in [-0.05, 0) is 115 Å². The van der Waals surface area contributed by atoms with Gasteiger partial charge in [0.25, 0.3) is 0 Å². The van der Waals surface area contributed by atoms with E-state index in [-0.39, 0.29) is 35.2 Å². The quantitative estimate of drug-likeness (QED) is 0.182. The van der Waals surface area contributed by atoms with E-state index >= 15 is 0 Å². The summed E-state index contributed by atoms with van der Waals surface area (Å²) in [6.07, 6.45) is 5.27. The fraction of sp³-hybridized carbons (Fsp3) is 0.650. The molecule has 0 aromatic heterocycles. The lowest BCUT2D eigenvalue weighted by atomic mass is 9.79. The first-order chi connectivity index (χ1) is 20.6. The van der Waals surface area contributed by atoms with Crippen molar-refractivity contribution in [3.8, 4) is 11.5 Å². The van der Waals surface area contributed by atoms with Crippen molar-refractivity contribution in [2.45, 2.75) is 164 Å². The van der Waals surface area contributed by atoms with Crippen LogP contribution in [0.1, 0.15) is 202 Å². The average Bonchev–Trinajstić information content (AvgIpc) is 3.04. The first-order valence-corrected chi connectivity index (χ1v) is 17.5. The standard InChI is InChI=1S/C40H62O4/c1-14-25(8)31-21-30(22-32(35(31)41)26(9)15-2)38(43)40(19-6,20-7)44-36-33(27(10)16-3)23-29(24-34(36)28(11)17-4)37(42)39(12,13)18-5/h21-28,41H,14-20H2,1-13H3. The first-order valence-electron chi connectivity index (χ1n) is 17.5. The van der Waals surface area contributed by atoms with E-state index in [1.54, 1.807) is 0 Å². The fourth-order valence-electron chi connectivity index (χ4n) is 5.87. The molecule has 246 valence electrons. The molecule has 0 spiro atoms. The van der Waals surface area contributed by atoms with Crippen LogP contribution in [0.15, 0.2) is 24.3 Å². The zero-order valence-corrected chi connectivity index (χ0v) is 30.2. The summed E-state index contributed by atoms with van der Waals surface area (Å²) in [4.78, 5) is 28.5. The molecule has 2 aromatic carbocycles. The van der Waals surface area contributed by atoms with Crippen LogP contribution < -0.4 is 4.74 Å². The van der Waals surface area contributed by atoms with Crippen molar-refractivity contribution in [2.75, 3.05) is 0 Å². The number of Topliss-reactive ketones (excluding diaryl/α,β-unsaturated/α-hetero) is 2. The van der Waals surface area contributed by atoms with E-state index in [4.69, 9.17) is 4.74 Å². The number of rotatable bonds is 17. The van der Waals surface area contributed by atoms with Gasteiger partial charge in [-0.1, -0.05) is 90.0 Å². The maximum absolute atomic E-state index is 14.8. The molecule has 0 amide bonds. The Bertz CT molecular complexity index is 1220. The smallest absolute Gasteiger partial charge is 0.206 e. The Morgan fingerprint density at radius 1 is 0.614 bits per heavy atom. The lowest BCUT2D eigenvalue weighted by Crippen LogP contribution is -2.44. The molecule has 4 unspecified atom stereocenters. The van der Waals surface area contributed by atoms with Crippen LogP contribution in [-0.2, 0) is 0 Å². The molecule has 1 N–H and O–H groups in total. The van der Waals surface area contributed by atoms with Crippen LogP contribution >= 0.6 is 0 Å². The maximum Gasteiger partial charge on any atom is 0.206 e. The minimum Gasteiger partial charge on any atom is -0.507 e. The van der Waals surface area contributed by atoms with Gasteiger partial charge in [-0.2, -0.15) is 0 Å². The van der Waals surface area contributed by atoms with Crippen LogP contribution in [0.25, 0.3) is 0 Å². The molecule has 0 heterocycles. The average molecular weight is 607 g/mol. The Balaban J connectivity index is 2.90. The molecule has 0 fully saturated rings. The summed E-state index contributed by atoms with van der Waals surface area (Å²) in [5.41, 5.74) is 3.45. The number of hydrogen-bond acceptors (Lipinski definition) is 4. The highest BCUT2D eigenvalue weighted by Gasteiger charge is 2.41. The Labute approximate surface area is 269 Å². The number of hydrogen-bond donors (Lipinski definition) is 1. The lowest BCUT2D eigenvalue weighted by Gasteiger charge is -2.35. The number of phenolic OH excluding ortho intramolecular Hbond substituents is 1. The largest absolute Gasteiger partial charge is 0.507 e. The van der Waals surface area contributed by atoms with Crippen molar-refractivity contribution in [3.63, 3.8) is 0 Å². The second-order valence-corrected chi connectivity index (χ2v) is 13.9. The molecule has 0 aliphatic rings. The molecule has 4 nitrogen and oxygen atoms in total. The van der Waals surface area contributed by atoms with Crippen LogP contribution in [0.4, 0.5) is 0 Å². The van der Waals surface area contributed by atoms with Crippen molar-refractivity contribution in [3.05, 3.63) is 57.6 Å². The molecule has 0 radical (unpaired) electrons. The van der Waals surface area contributed by atoms with E-state index in [0.717, 1.165) is 65.7 Å². The topological polar surface area (TPSA) is 63.6 Å². The van der Waals surface area contributed by atoms with Gasteiger partial charge in [0.15, 0.2) is 11.4 Å². The number of ether oxygens (including phenoxy) is 1. The van der Waals surface area contributed by atoms with Crippen molar-refractivity contribution >= 4 is 11.6 Å². The third-order valence-corrected chi connectivity index (χ3v) is 10.8.